The van der Waals surface area contributed by atoms with Gasteiger partial charge in [-0.15, -0.1) is 11.3 Å². The number of aryl methyl sites for hydroxylation is 1. The van der Waals surface area contributed by atoms with Gasteiger partial charge in [0.2, 0.25) is 0 Å². The Morgan fingerprint density at radius 1 is 0.610 bits per heavy atom. The van der Waals surface area contributed by atoms with Crippen molar-refractivity contribution in [1.82, 2.24) is 39.2 Å². The van der Waals surface area contributed by atoms with Gasteiger partial charge in [0.05, 0.1) is 34.3 Å². The van der Waals surface area contributed by atoms with Crippen LogP contribution in [-0.4, -0.2) is 78.0 Å². The number of benzene rings is 3. The molecule has 11 nitrogen and oxygen atoms in total. The Labute approximate surface area is 477 Å². The summed E-state index contributed by atoms with van der Waals surface area (Å²) in [7, 11) is 1.70. The standard InChI is InChI=1S/C17H16N2OS2.2C16H16N2OS.C12H14N2S/c1-12-5-6-14(16(8-12)20-2)15-11-22-17(21)19(15)10-13-4-3-7-18-9-13;19-16(14-6-2-1-3-7-14)9-8-15(20)18(16)12-13-5-4-10-17-11-13;19-16(14-4-2-1-3-5-14)9-6-15(20)18(16)12-13-7-10-17-11-8-13;1-2-8-14-11(5-6-12(14)15)10-4-3-7-13-9-10/h3-9,11H,10H2,1-2H3;1-7,10-11,19H,8-9,12H2;1-5,7-8,10-11,19H,6,9,12H2;3-5,7,9H,2,6,8H2,1H3. The van der Waals surface area contributed by atoms with Gasteiger partial charge in [0.1, 0.15) is 5.75 Å². The van der Waals surface area contributed by atoms with Crippen LogP contribution in [0.1, 0.15) is 84.4 Å². The number of thiocarbonyl (C=S) groups is 3. The largest absolute Gasteiger partial charge is 0.496 e. The van der Waals surface area contributed by atoms with E-state index in [1.54, 1.807) is 49.4 Å². The summed E-state index contributed by atoms with van der Waals surface area (Å²) in [6.45, 7) is 7.12. The number of likely N-dealkylation sites (tertiary alicyclic amines) is 2. The second-order valence-corrected chi connectivity index (χ2v) is 21.6. The average molecular weight is 1120 g/mol. The summed E-state index contributed by atoms with van der Waals surface area (Å²) < 4.78 is 8.52. The smallest absolute Gasteiger partial charge is 0.165 e. The number of rotatable bonds is 13. The number of ether oxygens (including phenoxy) is 1. The Kier molecular flexibility index (Phi) is 19.8. The molecule has 2 fully saturated rings. The third-order valence-electron chi connectivity index (χ3n) is 13.4. The van der Waals surface area contributed by atoms with Crippen LogP contribution in [0.15, 0.2) is 188 Å². The normalized spacial score (nSPS) is 17.6. The van der Waals surface area contributed by atoms with Crippen molar-refractivity contribution in [2.24, 2.45) is 0 Å². The van der Waals surface area contributed by atoms with Gasteiger partial charge in [0, 0.05) is 135 Å². The quantitative estimate of drug-likeness (QED) is 0.107. The molecule has 0 radical (unpaired) electrons. The molecule has 0 amide bonds. The van der Waals surface area contributed by atoms with Crippen molar-refractivity contribution in [3.8, 4) is 17.0 Å². The first-order valence-corrected chi connectivity index (χ1v) is 28.0. The molecular weight excluding hydrogens is 1050 g/mol. The minimum Gasteiger partial charge on any atom is -0.496 e. The lowest BCUT2D eigenvalue weighted by atomic mass is 10.00. The number of thiazole rings is 1. The molecule has 5 aromatic heterocycles. The van der Waals surface area contributed by atoms with Crippen LogP contribution in [0.4, 0.5) is 0 Å². The maximum Gasteiger partial charge on any atom is 0.165 e. The van der Waals surface area contributed by atoms with Crippen LogP contribution in [0.3, 0.4) is 0 Å². The topological polar surface area (TPSA) is 116 Å². The van der Waals surface area contributed by atoms with Crippen LogP contribution in [0.5, 0.6) is 5.75 Å². The summed E-state index contributed by atoms with van der Waals surface area (Å²) in [5.74, 6) is 0.868. The number of aliphatic hydroxyl groups is 2. The number of aromatic nitrogens is 5. The molecule has 11 rings (SSSR count). The lowest BCUT2D eigenvalue weighted by Gasteiger charge is -2.35. The van der Waals surface area contributed by atoms with Gasteiger partial charge in [-0.05, 0) is 96.3 Å². The van der Waals surface area contributed by atoms with Crippen molar-refractivity contribution in [1.29, 1.82) is 0 Å². The van der Waals surface area contributed by atoms with Gasteiger partial charge in [-0.3, -0.25) is 19.9 Å². The van der Waals surface area contributed by atoms with Gasteiger partial charge in [-0.1, -0.05) is 129 Å². The van der Waals surface area contributed by atoms with E-state index in [1.165, 1.54) is 11.3 Å². The zero-order valence-corrected chi connectivity index (χ0v) is 47.5. The van der Waals surface area contributed by atoms with E-state index >= 15 is 0 Å². The van der Waals surface area contributed by atoms with Crippen molar-refractivity contribution in [3.05, 3.63) is 231 Å². The number of methoxy groups -OCH3 is 1. The van der Waals surface area contributed by atoms with Crippen LogP contribution in [0, 0.1) is 10.9 Å². The van der Waals surface area contributed by atoms with Gasteiger partial charge >= 0.3 is 0 Å². The summed E-state index contributed by atoms with van der Waals surface area (Å²) in [5.41, 5.74) is 8.75. The molecule has 394 valence electrons. The molecule has 2 unspecified atom stereocenters. The Bertz CT molecular complexity index is 3190. The number of nitrogens with zero attached hydrogens (tertiary/aromatic N) is 8. The van der Waals surface area contributed by atoms with Gasteiger partial charge in [0.25, 0.3) is 0 Å². The van der Waals surface area contributed by atoms with Gasteiger partial charge < -0.3 is 34.2 Å². The fraction of sp³-hybridized carbons (Fsp3) is 0.246. The second-order valence-electron chi connectivity index (χ2n) is 18.7. The predicted octanol–water partition coefficient (Wildman–Crippen LogP) is 13.3. The molecule has 16 heteroatoms. The van der Waals surface area contributed by atoms with E-state index in [0.29, 0.717) is 32.5 Å². The number of hydrogen-bond acceptors (Lipinski definition) is 12. The summed E-state index contributed by atoms with van der Waals surface area (Å²) in [5, 5.41) is 24.2. The van der Waals surface area contributed by atoms with E-state index < -0.39 is 11.4 Å². The fourth-order valence-corrected chi connectivity index (χ4v) is 11.5. The lowest BCUT2D eigenvalue weighted by molar-refractivity contribution is -0.0681. The van der Waals surface area contributed by atoms with Crippen molar-refractivity contribution in [3.63, 3.8) is 0 Å². The average Bonchev–Trinajstić information content (AvgIpc) is 4.24. The Balaban J connectivity index is 0.000000137. The second kappa shape index (κ2) is 27.0. The van der Waals surface area contributed by atoms with E-state index in [-0.39, 0.29) is 0 Å². The maximum atomic E-state index is 11.1. The van der Waals surface area contributed by atoms with Crippen molar-refractivity contribution in [2.75, 3.05) is 13.7 Å². The Morgan fingerprint density at radius 2 is 1.17 bits per heavy atom. The minimum absolute atomic E-state index is 0.581. The van der Waals surface area contributed by atoms with Crippen LogP contribution < -0.4 is 4.74 Å². The van der Waals surface area contributed by atoms with Crippen LogP contribution >= 0.6 is 60.2 Å². The van der Waals surface area contributed by atoms with Crippen molar-refractivity contribution in [2.45, 2.75) is 83.5 Å². The van der Waals surface area contributed by atoms with E-state index in [1.807, 2.05) is 132 Å². The molecule has 3 aliphatic heterocycles. The zero-order valence-electron chi connectivity index (χ0n) is 43.4. The highest BCUT2D eigenvalue weighted by atomic mass is 32.1. The first kappa shape index (κ1) is 56.4. The van der Waals surface area contributed by atoms with E-state index in [2.05, 4.69) is 79.0 Å². The van der Waals surface area contributed by atoms with Gasteiger partial charge in [-0.2, -0.15) is 0 Å². The molecule has 8 aromatic rings. The molecule has 2 atom stereocenters. The SMILES string of the molecule is CCCN1C(=S)CC=C1c1cccnc1.COc1cc(C)ccc1-c1csc(=S)n1Cc1cccnc1.OC1(c2ccccc2)CCC(=S)N1Cc1cccnc1.OC1(c2ccccc2)CCC(=S)N1Cc1ccncc1. The minimum atomic E-state index is -1.01. The molecule has 2 saturated heterocycles. The van der Waals surface area contributed by atoms with Crippen molar-refractivity contribution < 1.29 is 14.9 Å². The number of pyridine rings is 4. The molecule has 3 aromatic carbocycles. The molecule has 0 bridgehead atoms. The molecule has 0 saturated carbocycles. The van der Waals surface area contributed by atoms with Gasteiger partial charge in [0.15, 0.2) is 15.4 Å². The summed E-state index contributed by atoms with van der Waals surface area (Å²) in [6, 6.07) is 41.5. The lowest BCUT2D eigenvalue weighted by Crippen LogP contribution is -2.42. The van der Waals surface area contributed by atoms with Gasteiger partial charge in [-0.25, -0.2) is 0 Å². The van der Waals surface area contributed by atoms with Crippen LogP contribution in [-0.2, 0) is 31.1 Å². The molecule has 77 heavy (non-hydrogen) atoms. The molecule has 8 heterocycles. The third-order valence-corrected chi connectivity index (χ3v) is 15.9. The van der Waals surface area contributed by atoms with Crippen molar-refractivity contribution >= 4 is 80.9 Å². The number of hydrogen-bond donors (Lipinski definition) is 2. The molecule has 3 aliphatic rings. The zero-order chi connectivity index (χ0) is 54.2. The molecule has 0 aliphatic carbocycles. The highest BCUT2D eigenvalue weighted by Crippen LogP contribution is 2.40. The summed E-state index contributed by atoms with van der Waals surface area (Å²) >= 11 is 23.3. The Morgan fingerprint density at radius 3 is 1.70 bits per heavy atom. The van der Waals surface area contributed by atoms with E-state index in [4.69, 9.17) is 53.6 Å². The first-order valence-electron chi connectivity index (χ1n) is 25.5. The van der Waals surface area contributed by atoms with E-state index in [9.17, 15) is 10.2 Å². The summed E-state index contributed by atoms with van der Waals surface area (Å²) in [6.07, 6.45) is 21.4. The van der Waals surface area contributed by atoms with Crippen LogP contribution in [0.25, 0.3) is 17.0 Å². The summed E-state index contributed by atoms with van der Waals surface area (Å²) in [4.78, 5) is 25.1. The Hall–Kier alpha value is -6.76. The third kappa shape index (κ3) is 14.1. The first-order chi connectivity index (χ1) is 37.4. The highest BCUT2D eigenvalue weighted by molar-refractivity contribution is 7.80. The molecule has 2 N–H and O–H groups in total. The maximum absolute atomic E-state index is 11.1. The monoisotopic (exact) mass is 1110 g/mol. The molecule has 0 spiro atoms. The van der Waals surface area contributed by atoms with E-state index in [0.717, 1.165) is 102 Å². The predicted molar refractivity (Wildman–Crippen MR) is 324 cm³/mol. The fourth-order valence-electron chi connectivity index (χ4n) is 9.48. The van der Waals surface area contributed by atoms with Crippen LogP contribution in [0.2, 0.25) is 0 Å². The highest BCUT2D eigenvalue weighted by Gasteiger charge is 2.44. The molecular formula is C61H62N8O3S5.